The molecule has 1 rings (SSSR count). The summed E-state index contributed by atoms with van der Waals surface area (Å²) in [4.78, 5) is 15.7. The molecule has 0 spiro atoms. The fraction of sp³-hybridized carbons (Fsp3) is 0.412. The average Bonchev–Trinajstić information content (AvgIpc) is 2.39. The van der Waals surface area contributed by atoms with E-state index in [0.29, 0.717) is 6.61 Å². The van der Waals surface area contributed by atoms with Gasteiger partial charge in [0.15, 0.2) is 0 Å². The number of hydrogen-bond donors (Lipinski definition) is 0. The maximum absolute atomic E-state index is 11.6. The number of aromatic nitrogens is 1. The van der Waals surface area contributed by atoms with Crippen LogP contribution >= 0.6 is 0 Å². The summed E-state index contributed by atoms with van der Waals surface area (Å²) in [5.41, 5.74) is 3.31. The van der Waals surface area contributed by atoms with Crippen molar-refractivity contribution in [3.63, 3.8) is 0 Å². The number of rotatable bonds is 7. The number of hydrogen-bond acceptors (Lipinski definition) is 3. The van der Waals surface area contributed by atoms with Gasteiger partial charge in [-0.25, -0.2) is 0 Å². The van der Waals surface area contributed by atoms with Crippen molar-refractivity contribution in [2.24, 2.45) is 0 Å². The highest BCUT2D eigenvalue weighted by atomic mass is 16.5. The van der Waals surface area contributed by atoms with E-state index >= 15 is 0 Å². The molecule has 0 saturated heterocycles. The van der Waals surface area contributed by atoms with Crippen LogP contribution in [0.5, 0.6) is 0 Å². The van der Waals surface area contributed by atoms with Gasteiger partial charge in [-0.15, -0.1) is 0 Å². The van der Waals surface area contributed by atoms with Crippen molar-refractivity contribution in [1.29, 1.82) is 0 Å². The number of esters is 1. The Morgan fingerprint density at radius 3 is 2.70 bits per heavy atom. The molecule has 0 unspecified atom stereocenters. The van der Waals surface area contributed by atoms with Gasteiger partial charge in [-0.1, -0.05) is 23.3 Å². The smallest absolute Gasteiger partial charge is 0.312 e. The fourth-order valence-corrected chi connectivity index (χ4v) is 1.67. The van der Waals surface area contributed by atoms with Gasteiger partial charge in [-0.2, -0.15) is 0 Å². The van der Waals surface area contributed by atoms with E-state index in [1.807, 2.05) is 24.3 Å². The lowest BCUT2D eigenvalue weighted by Crippen LogP contribution is -2.09. The van der Waals surface area contributed by atoms with Gasteiger partial charge >= 0.3 is 5.97 Å². The van der Waals surface area contributed by atoms with Crippen molar-refractivity contribution in [2.75, 3.05) is 6.61 Å². The predicted molar refractivity (Wildman–Crippen MR) is 81.3 cm³/mol. The van der Waals surface area contributed by atoms with Crippen LogP contribution in [0.3, 0.4) is 0 Å². The van der Waals surface area contributed by atoms with E-state index in [-0.39, 0.29) is 12.4 Å². The summed E-state index contributed by atoms with van der Waals surface area (Å²) in [6.07, 6.45) is 8.12. The number of allylic oxidation sites excluding steroid dienone is 3. The summed E-state index contributed by atoms with van der Waals surface area (Å²) < 4.78 is 5.17. The Bertz CT molecular complexity index is 471. The Hall–Kier alpha value is -1.90. The van der Waals surface area contributed by atoms with Crippen LogP contribution < -0.4 is 0 Å². The van der Waals surface area contributed by atoms with Gasteiger partial charge in [0.2, 0.25) is 0 Å². The molecule has 0 fully saturated rings. The van der Waals surface area contributed by atoms with E-state index < -0.39 is 0 Å². The van der Waals surface area contributed by atoms with Crippen molar-refractivity contribution in [1.82, 2.24) is 4.98 Å². The molecule has 0 amide bonds. The van der Waals surface area contributed by atoms with E-state index in [9.17, 15) is 4.79 Å². The highest BCUT2D eigenvalue weighted by molar-refractivity contribution is 5.72. The molecule has 3 heteroatoms. The normalized spacial score (nSPS) is 11.1. The number of pyridine rings is 1. The van der Waals surface area contributed by atoms with Crippen molar-refractivity contribution >= 4 is 5.97 Å². The number of nitrogens with zero attached hydrogens (tertiary/aromatic N) is 1. The van der Waals surface area contributed by atoms with Gasteiger partial charge in [0, 0.05) is 6.20 Å². The van der Waals surface area contributed by atoms with E-state index in [2.05, 4.69) is 31.8 Å². The van der Waals surface area contributed by atoms with E-state index in [0.717, 1.165) is 18.5 Å². The summed E-state index contributed by atoms with van der Waals surface area (Å²) >= 11 is 0. The first-order valence-corrected chi connectivity index (χ1v) is 6.92. The van der Waals surface area contributed by atoms with Gasteiger partial charge in [0.05, 0.1) is 12.1 Å². The Kier molecular flexibility index (Phi) is 7.33. The predicted octanol–water partition coefficient (Wildman–Crippen LogP) is 3.86. The Morgan fingerprint density at radius 2 is 2.05 bits per heavy atom. The average molecular weight is 273 g/mol. The minimum Gasteiger partial charge on any atom is -0.461 e. The minimum atomic E-state index is -0.239. The molecule has 0 aliphatic heterocycles. The molecule has 0 saturated carbocycles. The molecule has 20 heavy (non-hydrogen) atoms. The molecule has 0 radical (unpaired) electrons. The lowest BCUT2D eigenvalue weighted by molar-refractivity contribution is -0.141. The zero-order chi connectivity index (χ0) is 14.8. The summed E-state index contributed by atoms with van der Waals surface area (Å²) in [6, 6.07) is 5.51. The third-order valence-electron chi connectivity index (χ3n) is 2.82. The zero-order valence-electron chi connectivity index (χ0n) is 12.6. The number of carbonyl (C=O) groups excluding carboxylic acids is 1. The largest absolute Gasteiger partial charge is 0.461 e. The third-order valence-corrected chi connectivity index (χ3v) is 2.82. The lowest BCUT2D eigenvalue weighted by Gasteiger charge is -2.03. The summed E-state index contributed by atoms with van der Waals surface area (Å²) in [7, 11) is 0. The van der Waals surface area contributed by atoms with Gasteiger partial charge in [0.1, 0.15) is 6.61 Å². The van der Waals surface area contributed by atoms with Crippen LogP contribution in [0.25, 0.3) is 0 Å². The molecular weight excluding hydrogens is 250 g/mol. The standard InChI is InChI=1S/C17H23NO2/c1-14(2)7-6-8-15(3)10-12-20-17(19)13-16-9-4-5-11-18-16/h4-5,7,9-11H,6,8,12-13H2,1-3H3/b15-10+. The molecule has 3 nitrogen and oxygen atoms in total. The van der Waals surface area contributed by atoms with Crippen molar-refractivity contribution < 1.29 is 9.53 Å². The van der Waals surface area contributed by atoms with Crippen LogP contribution in [0.1, 0.15) is 39.3 Å². The highest BCUT2D eigenvalue weighted by Gasteiger charge is 2.04. The molecule has 0 atom stereocenters. The van der Waals surface area contributed by atoms with Gasteiger partial charge in [0.25, 0.3) is 0 Å². The maximum Gasteiger partial charge on any atom is 0.312 e. The molecular formula is C17H23NO2. The van der Waals surface area contributed by atoms with Crippen LogP contribution in [0.15, 0.2) is 47.7 Å². The fourth-order valence-electron chi connectivity index (χ4n) is 1.67. The van der Waals surface area contributed by atoms with Crippen LogP contribution in [0.4, 0.5) is 0 Å². The van der Waals surface area contributed by atoms with Crippen LogP contribution in [-0.2, 0) is 16.0 Å². The molecule has 0 aliphatic carbocycles. The molecule has 108 valence electrons. The summed E-state index contributed by atoms with van der Waals surface area (Å²) in [5, 5.41) is 0. The topological polar surface area (TPSA) is 39.2 Å². The SMILES string of the molecule is CC(C)=CCC/C(C)=C/COC(=O)Cc1ccccn1. The maximum atomic E-state index is 11.6. The number of carbonyl (C=O) groups is 1. The first-order valence-electron chi connectivity index (χ1n) is 6.92. The van der Waals surface area contributed by atoms with E-state index in [1.54, 1.807) is 6.20 Å². The van der Waals surface area contributed by atoms with Gasteiger partial charge in [-0.05, 0) is 51.8 Å². The second kappa shape index (κ2) is 9.08. The Morgan fingerprint density at radius 1 is 1.25 bits per heavy atom. The quantitative estimate of drug-likeness (QED) is 0.559. The molecule has 0 bridgehead atoms. The number of ether oxygens (including phenoxy) is 1. The Labute approximate surface area is 121 Å². The second-order valence-electron chi connectivity index (χ2n) is 5.05. The van der Waals surface area contributed by atoms with Gasteiger partial charge < -0.3 is 4.74 Å². The molecule has 0 N–H and O–H groups in total. The van der Waals surface area contributed by atoms with Crippen LogP contribution in [0.2, 0.25) is 0 Å². The van der Waals surface area contributed by atoms with Crippen LogP contribution in [0, 0.1) is 0 Å². The minimum absolute atomic E-state index is 0.228. The van der Waals surface area contributed by atoms with Crippen molar-refractivity contribution in [2.45, 2.75) is 40.0 Å². The second-order valence-corrected chi connectivity index (χ2v) is 5.05. The molecule has 1 aromatic heterocycles. The monoisotopic (exact) mass is 273 g/mol. The third kappa shape index (κ3) is 7.52. The molecule has 0 aromatic carbocycles. The molecule has 1 aromatic rings. The Balaban J connectivity index is 2.25. The highest BCUT2D eigenvalue weighted by Crippen LogP contribution is 2.06. The summed E-state index contributed by atoms with van der Waals surface area (Å²) in [5.74, 6) is -0.239. The van der Waals surface area contributed by atoms with Crippen molar-refractivity contribution in [3.05, 3.63) is 53.4 Å². The molecule has 1 heterocycles. The first-order chi connectivity index (χ1) is 9.58. The summed E-state index contributed by atoms with van der Waals surface area (Å²) in [6.45, 7) is 6.59. The molecule has 0 aliphatic rings. The van der Waals surface area contributed by atoms with Crippen molar-refractivity contribution in [3.8, 4) is 0 Å². The zero-order valence-corrected chi connectivity index (χ0v) is 12.6. The lowest BCUT2D eigenvalue weighted by atomic mass is 10.1. The van der Waals surface area contributed by atoms with Crippen LogP contribution in [-0.4, -0.2) is 17.6 Å². The first kappa shape index (κ1) is 16.2. The van der Waals surface area contributed by atoms with E-state index in [4.69, 9.17) is 4.74 Å². The van der Waals surface area contributed by atoms with Gasteiger partial charge in [-0.3, -0.25) is 9.78 Å². The van der Waals surface area contributed by atoms with E-state index in [1.165, 1.54) is 11.1 Å².